The Kier molecular flexibility index (Phi) is 4.03. The molecule has 4 N–H and O–H groups in total. The molecule has 24 heavy (non-hydrogen) atoms. The molecule has 2 aliphatic carbocycles. The number of hydrogen-bond donors (Lipinski definition) is 3. The van der Waals surface area contributed by atoms with E-state index in [-0.39, 0.29) is 13.0 Å². The average molecular weight is 378 g/mol. The Balaban J connectivity index is 1.76. The molecule has 0 amide bonds. The second kappa shape index (κ2) is 5.56. The third kappa shape index (κ3) is 2.30. The van der Waals surface area contributed by atoms with Crippen LogP contribution in [0.25, 0.3) is 0 Å². The Morgan fingerprint density at radius 3 is 2.50 bits per heavy atom. The van der Waals surface area contributed by atoms with Crippen LogP contribution in [0.5, 0.6) is 0 Å². The number of rotatable bonds is 5. The molecule has 0 aliphatic heterocycles. The van der Waals surface area contributed by atoms with Crippen LogP contribution in [-0.4, -0.2) is 39.5 Å². The Bertz CT molecular complexity index is 732. The van der Waals surface area contributed by atoms with Crippen molar-refractivity contribution in [1.29, 1.82) is 0 Å². The van der Waals surface area contributed by atoms with Gasteiger partial charge in [-0.3, -0.25) is 4.79 Å². The largest absolute Gasteiger partial charge is 0.480 e. The summed E-state index contributed by atoms with van der Waals surface area (Å²) in [5.74, 6) is -5.43. The van der Waals surface area contributed by atoms with Gasteiger partial charge in [0.15, 0.2) is 0 Å². The first kappa shape index (κ1) is 17.4. The Morgan fingerprint density at radius 2 is 1.96 bits per heavy atom. The summed E-state index contributed by atoms with van der Waals surface area (Å²) in [4.78, 5) is 22.7. The Morgan fingerprint density at radius 1 is 1.29 bits per heavy atom. The normalized spacial score (nSPS) is 37.1. The summed E-state index contributed by atoms with van der Waals surface area (Å²) in [6, 6.07) is 4.79. The fourth-order valence-electron chi connectivity index (χ4n) is 3.63. The second-order valence-electron chi connectivity index (χ2n) is 6.18. The van der Waals surface area contributed by atoms with Crippen LogP contribution in [0.2, 0.25) is 10.0 Å². The van der Waals surface area contributed by atoms with Crippen LogP contribution in [0, 0.1) is 11.8 Å². The van der Waals surface area contributed by atoms with E-state index in [1.807, 2.05) is 0 Å². The lowest BCUT2D eigenvalue weighted by molar-refractivity contribution is -0.156. The van der Waals surface area contributed by atoms with Crippen LogP contribution in [0.1, 0.15) is 12.0 Å². The molecule has 0 saturated heterocycles. The van der Waals surface area contributed by atoms with Gasteiger partial charge in [0, 0.05) is 11.8 Å². The molecular weight excluding hydrogens is 364 g/mol. The van der Waals surface area contributed by atoms with Gasteiger partial charge in [-0.1, -0.05) is 29.3 Å². The number of fused-ring (bicyclic) bond motifs is 1. The van der Waals surface area contributed by atoms with Crippen molar-refractivity contribution >= 4 is 35.1 Å². The zero-order chi connectivity index (χ0) is 17.9. The molecule has 0 heterocycles. The lowest BCUT2D eigenvalue weighted by Gasteiger charge is -2.31. The smallest absolute Gasteiger partial charge is 0.342 e. The Labute approximate surface area is 146 Å². The number of nitrogens with two attached hydrogens (primary N) is 1. The van der Waals surface area contributed by atoms with Crippen molar-refractivity contribution in [2.24, 2.45) is 17.6 Å². The first-order valence-corrected chi connectivity index (χ1v) is 7.89. The lowest BCUT2D eigenvalue weighted by atomic mass is 9.88. The minimum absolute atomic E-state index is 0.000414. The number of halogens is 3. The molecule has 1 aromatic rings. The van der Waals surface area contributed by atoms with E-state index in [1.54, 1.807) is 18.2 Å². The molecular formula is C15H14Cl2FNO5. The third-order valence-corrected chi connectivity index (χ3v) is 5.67. The van der Waals surface area contributed by atoms with E-state index in [0.717, 1.165) is 0 Å². The van der Waals surface area contributed by atoms with E-state index >= 15 is 0 Å². The molecule has 2 saturated carbocycles. The quantitative estimate of drug-likeness (QED) is 0.724. The molecule has 6 nitrogen and oxygen atoms in total. The predicted molar refractivity (Wildman–Crippen MR) is 82.7 cm³/mol. The van der Waals surface area contributed by atoms with Crippen molar-refractivity contribution in [3.05, 3.63) is 33.8 Å². The zero-order valence-corrected chi connectivity index (χ0v) is 13.7. The maximum atomic E-state index is 14.4. The van der Waals surface area contributed by atoms with Crippen LogP contribution in [-0.2, 0) is 20.9 Å². The maximum absolute atomic E-state index is 14.4. The number of carboxylic acids is 2. The molecule has 130 valence electrons. The van der Waals surface area contributed by atoms with Gasteiger partial charge in [0.05, 0.1) is 22.8 Å². The van der Waals surface area contributed by atoms with E-state index in [1.165, 1.54) is 0 Å². The van der Waals surface area contributed by atoms with Crippen molar-refractivity contribution < 1.29 is 28.9 Å². The number of alkyl halides is 1. The van der Waals surface area contributed by atoms with Crippen molar-refractivity contribution in [3.63, 3.8) is 0 Å². The van der Waals surface area contributed by atoms with Crippen molar-refractivity contribution in [2.45, 2.75) is 30.3 Å². The number of benzene rings is 1. The van der Waals surface area contributed by atoms with Gasteiger partial charge >= 0.3 is 11.9 Å². The average Bonchev–Trinajstić information content (AvgIpc) is 2.98. The summed E-state index contributed by atoms with van der Waals surface area (Å²) in [6.45, 7) is -0.000414. The van der Waals surface area contributed by atoms with Gasteiger partial charge in [0.2, 0.25) is 5.67 Å². The van der Waals surface area contributed by atoms with Gasteiger partial charge in [-0.05, 0) is 24.1 Å². The van der Waals surface area contributed by atoms with Gasteiger partial charge in [-0.25, -0.2) is 9.18 Å². The molecule has 0 aromatic heterocycles. The highest BCUT2D eigenvalue weighted by Gasteiger charge is 2.85. The first-order valence-electron chi connectivity index (χ1n) is 7.13. The van der Waals surface area contributed by atoms with Gasteiger partial charge in [-0.15, -0.1) is 0 Å². The van der Waals surface area contributed by atoms with Crippen LogP contribution < -0.4 is 5.73 Å². The van der Waals surface area contributed by atoms with Crippen LogP contribution in [0.3, 0.4) is 0 Å². The molecule has 2 aliphatic rings. The highest BCUT2D eigenvalue weighted by atomic mass is 35.5. The van der Waals surface area contributed by atoms with Crippen LogP contribution >= 0.6 is 23.2 Å². The number of carboxylic acid groups (broad SMARTS) is 2. The standard InChI is InChI=1S/C15H14Cl2FNO5/c16-8-2-1-6(3-9(8)17)5-24-10-4-7-11(14(7,18)12(20)21)15(10,19)13(22)23/h1-3,7,10-11H,4-5,19H2,(H,20,21)(H,22,23)/t7-,10+,11+,14-,15+/m1/s1. The van der Waals surface area contributed by atoms with Gasteiger partial charge in [0.25, 0.3) is 0 Å². The number of aliphatic carboxylic acids is 2. The molecule has 5 atom stereocenters. The molecule has 1 aromatic carbocycles. The SMILES string of the molecule is N[C@@]1(C(=O)O)[C@@H](OCc2ccc(Cl)c(Cl)c2)C[C@@H]2[C@H]1[C@@]2(F)C(=O)O. The van der Waals surface area contributed by atoms with Crippen LogP contribution in [0.4, 0.5) is 4.39 Å². The summed E-state index contributed by atoms with van der Waals surface area (Å²) in [6.07, 6.45) is -1.07. The van der Waals surface area contributed by atoms with Crippen molar-refractivity contribution in [3.8, 4) is 0 Å². The molecule has 0 spiro atoms. The highest BCUT2D eigenvalue weighted by molar-refractivity contribution is 6.42. The summed E-state index contributed by atoms with van der Waals surface area (Å²) in [5, 5.41) is 19.1. The minimum atomic E-state index is -2.60. The van der Waals surface area contributed by atoms with E-state index < -0.39 is 41.1 Å². The summed E-state index contributed by atoms with van der Waals surface area (Å²) in [5.41, 5.74) is 1.84. The summed E-state index contributed by atoms with van der Waals surface area (Å²) in [7, 11) is 0. The third-order valence-electron chi connectivity index (χ3n) is 4.93. The number of carbonyl (C=O) groups is 2. The minimum Gasteiger partial charge on any atom is -0.480 e. The van der Waals surface area contributed by atoms with E-state index in [0.29, 0.717) is 15.6 Å². The topological polar surface area (TPSA) is 110 Å². The van der Waals surface area contributed by atoms with Crippen LogP contribution in [0.15, 0.2) is 18.2 Å². The van der Waals surface area contributed by atoms with Crippen molar-refractivity contribution in [1.82, 2.24) is 0 Å². The summed E-state index contributed by atoms with van der Waals surface area (Å²) < 4.78 is 20.0. The maximum Gasteiger partial charge on any atom is 0.342 e. The number of ether oxygens (including phenoxy) is 1. The second-order valence-corrected chi connectivity index (χ2v) is 6.99. The molecule has 9 heteroatoms. The molecule has 0 radical (unpaired) electrons. The number of hydrogen-bond acceptors (Lipinski definition) is 4. The molecule has 0 unspecified atom stereocenters. The van der Waals surface area contributed by atoms with Crippen molar-refractivity contribution in [2.75, 3.05) is 0 Å². The summed E-state index contributed by atoms with van der Waals surface area (Å²) >= 11 is 11.7. The van der Waals surface area contributed by atoms with E-state index in [2.05, 4.69) is 0 Å². The fourth-order valence-corrected chi connectivity index (χ4v) is 3.95. The monoisotopic (exact) mass is 377 g/mol. The predicted octanol–water partition coefficient (Wildman–Crippen LogP) is 2.10. The molecule has 0 bridgehead atoms. The fraction of sp³-hybridized carbons (Fsp3) is 0.467. The molecule has 3 rings (SSSR count). The Hall–Kier alpha value is -1.41. The zero-order valence-electron chi connectivity index (χ0n) is 12.2. The first-order chi connectivity index (χ1) is 11.1. The molecule has 2 fully saturated rings. The van der Waals surface area contributed by atoms with Gasteiger partial charge < -0.3 is 20.7 Å². The highest BCUT2D eigenvalue weighted by Crippen LogP contribution is 2.67. The van der Waals surface area contributed by atoms with E-state index in [9.17, 15) is 19.1 Å². The van der Waals surface area contributed by atoms with Gasteiger partial charge in [0.1, 0.15) is 5.54 Å². The van der Waals surface area contributed by atoms with Gasteiger partial charge in [-0.2, -0.15) is 0 Å². The lowest BCUT2D eigenvalue weighted by Crippen LogP contribution is -2.60. The van der Waals surface area contributed by atoms with E-state index in [4.69, 9.17) is 38.8 Å².